The van der Waals surface area contributed by atoms with E-state index in [0.29, 0.717) is 17.9 Å². The molecule has 0 aliphatic rings. The molecule has 110 valence electrons. The van der Waals surface area contributed by atoms with Gasteiger partial charge < -0.3 is 16.0 Å². The van der Waals surface area contributed by atoms with E-state index in [2.05, 4.69) is 16.0 Å². The molecule has 1 aromatic rings. The van der Waals surface area contributed by atoms with Gasteiger partial charge in [-0.1, -0.05) is 6.92 Å². The van der Waals surface area contributed by atoms with Gasteiger partial charge in [-0.25, -0.2) is 0 Å². The molecule has 0 bridgehead atoms. The number of hydrogen-bond acceptors (Lipinski definition) is 5. The Morgan fingerprint density at radius 2 is 1.85 bits per heavy atom. The second-order valence-electron chi connectivity index (χ2n) is 4.26. The second kappa shape index (κ2) is 7.98. The van der Waals surface area contributed by atoms with Crippen LogP contribution in [0.5, 0.6) is 0 Å². The number of carbonyl (C=O) groups excluding carboxylic acids is 1. The summed E-state index contributed by atoms with van der Waals surface area (Å²) < 4.78 is 0. The smallest absolute Gasteiger partial charge is 0.273 e. The summed E-state index contributed by atoms with van der Waals surface area (Å²) >= 11 is 0. The number of nitrogens with zero attached hydrogens (tertiary/aromatic N) is 1. The van der Waals surface area contributed by atoms with Gasteiger partial charge in [0.2, 0.25) is 5.91 Å². The summed E-state index contributed by atoms with van der Waals surface area (Å²) in [7, 11) is 0. The molecule has 3 N–H and O–H groups in total. The van der Waals surface area contributed by atoms with Crippen LogP contribution in [0.25, 0.3) is 0 Å². The highest BCUT2D eigenvalue weighted by molar-refractivity contribution is 5.81. The molecule has 0 saturated carbocycles. The zero-order chi connectivity index (χ0) is 15.0. The fourth-order valence-electron chi connectivity index (χ4n) is 1.63. The zero-order valence-corrected chi connectivity index (χ0v) is 11.7. The van der Waals surface area contributed by atoms with E-state index in [4.69, 9.17) is 0 Å². The number of carbonyl (C=O) groups is 1. The minimum absolute atomic E-state index is 0.00972. The van der Waals surface area contributed by atoms with Gasteiger partial charge in [0.1, 0.15) is 0 Å². The molecule has 1 rings (SSSR count). The number of non-ortho nitro benzene ring substituents is 1. The lowest BCUT2D eigenvalue weighted by atomic mass is 10.2. The van der Waals surface area contributed by atoms with Crippen LogP contribution in [0.1, 0.15) is 20.3 Å². The molecular weight excluding hydrogens is 260 g/mol. The Bertz CT molecular complexity index is 477. The number of nitro benzene ring substituents is 1. The number of hydrogen-bond donors (Lipinski definition) is 3. The van der Waals surface area contributed by atoms with E-state index >= 15 is 0 Å². The molecule has 0 fully saturated rings. The van der Waals surface area contributed by atoms with Crippen molar-refractivity contribution in [3.05, 3.63) is 28.3 Å². The van der Waals surface area contributed by atoms with Gasteiger partial charge in [-0.15, -0.1) is 0 Å². The quantitative estimate of drug-likeness (QED) is 0.499. The highest BCUT2D eigenvalue weighted by atomic mass is 16.6. The number of rotatable bonds is 8. The Labute approximate surface area is 117 Å². The first-order valence-corrected chi connectivity index (χ1v) is 6.60. The van der Waals surface area contributed by atoms with Crippen molar-refractivity contribution in [1.29, 1.82) is 0 Å². The molecule has 20 heavy (non-hydrogen) atoms. The third kappa shape index (κ3) is 5.13. The van der Waals surface area contributed by atoms with Gasteiger partial charge >= 0.3 is 0 Å². The summed E-state index contributed by atoms with van der Waals surface area (Å²) in [6.45, 7) is 5.22. The van der Waals surface area contributed by atoms with Crippen LogP contribution in [-0.4, -0.2) is 30.5 Å². The highest BCUT2D eigenvalue weighted by Gasteiger charge is 2.10. The lowest BCUT2D eigenvalue weighted by Crippen LogP contribution is -2.29. The first kappa shape index (κ1) is 15.7. The van der Waals surface area contributed by atoms with E-state index in [1.807, 2.05) is 13.8 Å². The molecule has 1 amide bonds. The maximum Gasteiger partial charge on any atom is 0.273 e. The topological polar surface area (TPSA) is 96.3 Å². The SMILES string of the molecule is CCCNc1cc(NCC(=O)NCC)cc([N+](=O)[O-])c1. The van der Waals surface area contributed by atoms with Gasteiger partial charge in [-0.3, -0.25) is 14.9 Å². The van der Waals surface area contributed by atoms with Crippen LogP contribution in [0.4, 0.5) is 17.1 Å². The van der Waals surface area contributed by atoms with Gasteiger partial charge in [0.15, 0.2) is 0 Å². The predicted octanol–water partition coefficient (Wildman–Crippen LogP) is 1.96. The molecular formula is C13H20N4O3. The molecule has 0 aromatic heterocycles. The summed E-state index contributed by atoms with van der Waals surface area (Å²) in [5.41, 5.74) is 1.20. The third-order valence-electron chi connectivity index (χ3n) is 2.53. The highest BCUT2D eigenvalue weighted by Crippen LogP contribution is 2.24. The Hall–Kier alpha value is -2.31. The first-order valence-electron chi connectivity index (χ1n) is 6.60. The summed E-state index contributed by atoms with van der Waals surface area (Å²) in [6.07, 6.45) is 0.921. The van der Waals surface area contributed by atoms with Crippen LogP contribution < -0.4 is 16.0 Å². The molecule has 7 heteroatoms. The fraction of sp³-hybridized carbons (Fsp3) is 0.462. The van der Waals surface area contributed by atoms with Gasteiger partial charge in [-0.2, -0.15) is 0 Å². The molecule has 1 aromatic carbocycles. The van der Waals surface area contributed by atoms with E-state index in [-0.39, 0.29) is 18.1 Å². The van der Waals surface area contributed by atoms with Crippen LogP contribution in [0.3, 0.4) is 0 Å². The standard InChI is InChI=1S/C13H20N4O3/c1-3-5-15-10-6-11(8-12(7-10)17(19)20)16-9-13(18)14-4-2/h6-8,15-16H,3-5,9H2,1-2H3,(H,14,18). The average Bonchev–Trinajstić information content (AvgIpc) is 2.43. The van der Waals surface area contributed by atoms with Crippen molar-refractivity contribution in [2.24, 2.45) is 0 Å². The molecule has 0 aliphatic heterocycles. The maximum absolute atomic E-state index is 11.4. The van der Waals surface area contributed by atoms with Gasteiger partial charge in [-0.05, 0) is 19.4 Å². The number of benzene rings is 1. The summed E-state index contributed by atoms with van der Waals surface area (Å²) in [5, 5.41) is 19.5. The van der Waals surface area contributed by atoms with Crippen LogP contribution in [0.2, 0.25) is 0 Å². The second-order valence-corrected chi connectivity index (χ2v) is 4.26. The van der Waals surface area contributed by atoms with Crippen LogP contribution in [-0.2, 0) is 4.79 Å². The van der Waals surface area contributed by atoms with Crippen molar-refractivity contribution in [1.82, 2.24) is 5.32 Å². The molecule has 0 aliphatic carbocycles. The largest absolute Gasteiger partial charge is 0.385 e. The van der Waals surface area contributed by atoms with Crippen molar-refractivity contribution in [2.45, 2.75) is 20.3 Å². The van der Waals surface area contributed by atoms with E-state index in [1.54, 1.807) is 6.07 Å². The monoisotopic (exact) mass is 280 g/mol. The zero-order valence-electron chi connectivity index (χ0n) is 11.7. The minimum Gasteiger partial charge on any atom is -0.385 e. The lowest BCUT2D eigenvalue weighted by Gasteiger charge is -2.10. The van der Waals surface area contributed by atoms with Gasteiger partial charge in [0, 0.05) is 36.6 Å². The minimum atomic E-state index is -0.450. The van der Waals surface area contributed by atoms with Crippen LogP contribution >= 0.6 is 0 Å². The molecule has 0 spiro atoms. The van der Waals surface area contributed by atoms with E-state index in [0.717, 1.165) is 13.0 Å². The number of nitro groups is 1. The third-order valence-corrected chi connectivity index (χ3v) is 2.53. The Morgan fingerprint density at radius 3 is 2.40 bits per heavy atom. The van der Waals surface area contributed by atoms with Crippen molar-refractivity contribution in [2.75, 3.05) is 30.3 Å². The van der Waals surface area contributed by atoms with Crippen molar-refractivity contribution >= 4 is 23.0 Å². The van der Waals surface area contributed by atoms with E-state index in [1.165, 1.54) is 12.1 Å². The number of anilines is 2. The summed E-state index contributed by atoms with van der Waals surface area (Å²) in [4.78, 5) is 21.8. The van der Waals surface area contributed by atoms with Crippen LogP contribution in [0, 0.1) is 10.1 Å². The van der Waals surface area contributed by atoms with Crippen molar-refractivity contribution < 1.29 is 9.72 Å². The normalized spacial score (nSPS) is 9.90. The number of nitrogens with one attached hydrogen (secondary N) is 3. The fourth-order valence-corrected chi connectivity index (χ4v) is 1.63. The molecule has 0 heterocycles. The molecule has 0 atom stereocenters. The van der Waals surface area contributed by atoms with E-state index in [9.17, 15) is 14.9 Å². The Morgan fingerprint density at radius 1 is 1.20 bits per heavy atom. The number of amides is 1. The predicted molar refractivity (Wildman–Crippen MR) is 79.1 cm³/mol. The summed E-state index contributed by atoms with van der Waals surface area (Å²) in [5.74, 6) is -0.151. The van der Waals surface area contributed by atoms with Crippen molar-refractivity contribution in [3.8, 4) is 0 Å². The Kier molecular flexibility index (Phi) is 6.28. The maximum atomic E-state index is 11.4. The number of likely N-dealkylation sites (N-methyl/N-ethyl adjacent to an activating group) is 1. The van der Waals surface area contributed by atoms with Crippen LogP contribution in [0.15, 0.2) is 18.2 Å². The lowest BCUT2D eigenvalue weighted by molar-refractivity contribution is -0.384. The molecule has 7 nitrogen and oxygen atoms in total. The van der Waals surface area contributed by atoms with Gasteiger partial charge in [0.25, 0.3) is 5.69 Å². The summed E-state index contributed by atoms with van der Waals surface area (Å²) in [6, 6.07) is 4.64. The molecule has 0 saturated heterocycles. The van der Waals surface area contributed by atoms with E-state index < -0.39 is 4.92 Å². The van der Waals surface area contributed by atoms with Gasteiger partial charge in [0.05, 0.1) is 11.5 Å². The average molecular weight is 280 g/mol. The molecule has 0 radical (unpaired) electrons. The van der Waals surface area contributed by atoms with Crippen molar-refractivity contribution in [3.63, 3.8) is 0 Å². The Balaban J connectivity index is 2.80. The molecule has 0 unspecified atom stereocenters. The first-order chi connectivity index (χ1) is 9.56.